The number of aromatic nitrogens is 2. The van der Waals surface area contributed by atoms with E-state index in [1.54, 1.807) is 37.0 Å². The summed E-state index contributed by atoms with van der Waals surface area (Å²) < 4.78 is 14.9. The molecule has 0 spiro atoms. The van der Waals surface area contributed by atoms with Gasteiger partial charge >= 0.3 is 0 Å². The first kappa shape index (κ1) is 10.5. The zero-order valence-electron chi connectivity index (χ0n) is 9.16. The molecule has 1 aromatic heterocycles. The van der Waals surface area contributed by atoms with Crippen LogP contribution in [-0.4, -0.2) is 9.78 Å². The number of halogens is 1. The predicted molar refractivity (Wildman–Crippen MR) is 62.0 cm³/mol. The third kappa shape index (κ3) is 1.98. The van der Waals surface area contributed by atoms with Crippen molar-refractivity contribution in [1.82, 2.24) is 9.78 Å². The van der Waals surface area contributed by atoms with Gasteiger partial charge in [0.2, 0.25) is 0 Å². The first-order valence-electron chi connectivity index (χ1n) is 4.88. The van der Waals surface area contributed by atoms with E-state index >= 15 is 0 Å². The van der Waals surface area contributed by atoms with Gasteiger partial charge in [-0.25, -0.2) is 4.39 Å². The van der Waals surface area contributed by atoms with Crippen LogP contribution in [0.2, 0.25) is 0 Å². The lowest BCUT2D eigenvalue weighted by Gasteiger charge is -2.05. The summed E-state index contributed by atoms with van der Waals surface area (Å²) in [6, 6.07) is 4.91. The second-order valence-electron chi connectivity index (χ2n) is 3.70. The average Bonchev–Trinajstić information content (AvgIpc) is 2.51. The van der Waals surface area contributed by atoms with E-state index in [0.29, 0.717) is 22.8 Å². The molecule has 1 heterocycles. The molecular formula is C11H13FN4. The third-order valence-corrected chi connectivity index (χ3v) is 2.29. The van der Waals surface area contributed by atoms with Gasteiger partial charge in [0.15, 0.2) is 5.82 Å². The van der Waals surface area contributed by atoms with Gasteiger partial charge in [0.05, 0.1) is 5.69 Å². The Morgan fingerprint density at radius 2 is 2.19 bits per heavy atom. The lowest BCUT2D eigenvalue weighted by atomic mass is 10.2. The zero-order valence-corrected chi connectivity index (χ0v) is 9.16. The Morgan fingerprint density at radius 1 is 1.44 bits per heavy atom. The summed E-state index contributed by atoms with van der Waals surface area (Å²) in [7, 11) is 1.78. The summed E-state index contributed by atoms with van der Waals surface area (Å²) in [5.41, 5.74) is 7.49. The average molecular weight is 220 g/mol. The van der Waals surface area contributed by atoms with Crippen molar-refractivity contribution in [3.8, 4) is 0 Å². The Balaban J connectivity index is 2.27. The van der Waals surface area contributed by atoms with Crippen molar-refractivity contribution in [3.63, 3.8) is 0 Å². The van der Waals surface area contributed by atoms with Crippen molar-refractivity contribution in [2.75, 3.05) is 11.1 Å². The molecule has 2 rings (SSSR count). The summed E-state index contributed by atoms with van der Waals surface area (Å²) in [6.45, 7) is 1.72. The molecule has 0 aliphatic rings. The van der Waals surface area contributed by atoms with Crippen LogP contribution < -0.4 is 11.1 Å². The van der Waals surface area contributed by atoms with Crippen LogP contribution in [0.5, 0.6) is 0 Å². The Labute approximate surface area is 92.9 Å². The fourth-order valence-electron chi connectivity index (χ4n) is 1.41. The van der Waals surface area contributed by atoms with Crippen molar-refractivity contribution in [2.24, 2.45) is 7.05 Å². The Hall–Kier alpha value is -2.04. The van der Waals surface area contributed by atoms with E-state index in [0.717, 1.165) is 0 Å². The molecule has 4 nitrogen and oxygen atoms in total. The fourth-order valence-corrected chi connectivity index (χ4v) is 1.41. The minimum absolute atomic E-state index is 0.250. The molecular weight excluding hydrogens is 207 g/mol. The molecule has 16 heavy (non-hydrogen) atoms. The summed E-state index contributed by atoms with van der Waals surface area (Å²) in [6.07, 6.45) is 1.69. The highest BCUT2D eigenvalue weighted by molar-refractivity contribution is 5.68. The normalized spacial score (nSPS) is 10.4. The summed E-state index contributed by atoms with van der Waals surface area (Å²) in [5.74, 6) is 0.283. The molecule has 0 saturated carbocycles. The molecule has 3 N–H and O–H groups in total. The second-order valence-corrected chi connectivity index (χ2v) is 3.70. The van der Waals surface area contributed by atoms with E-state index in [4.69, 9.17) is 5.73 Å². The second kappa shape index (κ2) is 3.84. The molecule has 5 heteroatoms. The number of anilines is 3. The van der Waals surface area contributed by atoms with Gasteiger partial charge in [0.1, 0.15) is 5.82 Å². The quantitative estimate of drug-likeness (QED) is 0.815. The number of hydrogen-bond donors (Lipinski definition) is 2. The molecule has 0 bridgehead atoms. The number of nitrogens with one attached hydrogen (secondary N) is 1. The Morgan fingerprint density at radius 3 is 2.75 bits per heavy atom. The molecule has 0 unspecified atom stereocenters. The zero-order chi connectivity index (χ0) is 11.7. The molecule has 0 fully saturated rings. The lowest BCUT2D eigenvalue weighted by molar-refractivity contribution is 0.619. The SMILES string of the molecule is Cc1ccc(Nc2nn(C)cc2N)cc1F. The Bertz CT molecular complexity index is 519. The van der Waals surface area contributed by atoms with Gasteiger partial charge in [-0.05, 0) is 24.6 Å². The molecule has 2 aromatic rings. The maximum absolute atomic E-state index is 13.3. The largest absolute Gasteiger partial charge is 0.394 e. The molecule has 0 aliphatic carbocycles. The lowest BCUT2D eigenvalue weighted by Crippen LogP contribution is -1.96. The molecule has 0 aliphatic heterocycles. The topological polar surface area (TPSA) is 55.9 Å². The summed E-state index contributed by atoms with van der Waals surface area (Å²) >= 11 is 0. The van der Waals surface area contributed by atoms with Crippen molar-refractivity contribution in [3.05, 3.63) is 35.8 Å². The third-order valence-electron chi connectivity index (χ3n) is 2.29. The van der Waals surface area contributed by atoms with Crippen molar-refractivity contribution < 1.29 is 4.39 Å². The number of benzene rings is 1. The molecule has 0 saturated heterocycles. The minimum Gasteiger partial charge on any atom is -0.394 e. The molecule has 0 atom stereocenters. The van der Waals surface area contributed by atoms with Crippen LogP contribution in [0.1, 0.15) is 5.56 Å². The number of nitrogens with two attached hydrogens (primary N) is 1. The Kier molecular flexibility index (Phi) is 2.52. The van der Waals surface area contributed by atoms with Crippen LogP contribution in [0.4, 0.5) is 21.6 Å². The van der Waals surface area contributed by atoms with E-state index in [-0.39, 0.29) is 5.82 Å². The van der Waals surface area contributed by atoms with Crippen molar-refractivity contribution >= 4 is 17.2 Å². The summed E-state index contributed by atoms with van der Waals surface area (Å²) in [5, 5.41) is 7.08. The first-order chi connectivity index (χ1) is 7.56. The number of aryl methyl sites for hydroxylation is 2. The van der Waals surface area contributed by atoms with Crippen LogP contribution in [0.25, 0.3) is 0 Å². The van der Waals surface area contributed by atoms with Crippen LogP contribution >= 0.6 is 0 Å². The van der Waals surface area contributed by atoms with E-state index in [9.17, 15) is 4.39 Å². The van der Waals surface area contributed by atoms with Gasteiger partial charge in [-0.3, -0.25) is 4.68 Å². The molecule has 0 radical (unpaired) electrons. The highest BCUT2D eigenvalue weighted by atomic mass is 19.1. The molecule has 84 valence electrons. The van der Waals surface area contributed by atoms with E-state index in [1.165, 1.54) is 6.07 Å². The van der Waals surface area contributed by atoms with E-state index in [2.05, 4.69) is 10.4 Å². The molecule has 1 aromatic carbocycles. The van der Waals surface area contributed by atoms with Crippen molar-refractivity contribution in [1.29, 1.82) is 0 Å². The standard InChI is InChI=1S/C11H13FN4/c1-7-3-4-8(5-9(7)12)14-11-10(13)6-16(2)15-11/h3-6H,13H2,1-2H3,(H,14,15). The smallest absolute Gasteiger partial charge is 0.175 e. The number of nitrogen functional groups attached to an aromatic ring is 1. The van der Waals surface area contributed by atoms with Gasteiger partial charge < -0.3 is 11.1 Å². The van der Waals surface area contributed by atoms with Gasteiger partial charge in [-0.2, -0.15) is 5.10 Å². The fraction of sp³-hybridized carbons (Fsp3) is 0.182. The predicted octanol–water partition coefficient (Wildman–Crippen LogP) is 2.19. The van der Waals surface area contributed by atoms with Gasteiger partial charge in [-0.15, -0.1) is 0 Å². The molecule has 0 amide bonds. The van der Waals surface area contributed by atoms with Crippen LogP contribution in [0.15, 0.2) is 24.4 Å². The highest BCUT2D eigenvalue weighted by Gasteiger charge is 2.05. The van der Waals surface area contributed by atoms with Gasteiger partial charge in [0.25, 0.3) is 0 Å². The van der Waals surface area contributed by atoms with E-state index < -0.39 is 0 Å². The maximum Gasteiger partial charge on any atom is 0.175 e. The minimum atomic E-state index is -0.250. The van der Waals surface area contributed by atoms with Gasteiger partial charge in [0, 0.05) is 18.9 Å². The van der Waals surface area contributed by atoms with Crippen LogP contribution in [0.3, 0.4) is 0 Å². The van der Waals surface area contributed by atoms with Crippen molar-refractivity contribution in [2.45, 2.75) is 6.92 Å². The summed E-state index contributed by atoms with van der Waals surface area (Å²) in [4.78, 5) is 0. The number of nitrogens with zero attached hydrogens (tertiary/aromatic N) is 2. The number of rotatable bonds is 2. The highest BCUT2D eigenvalue weighted by Crippen LogP contribution is 2.22. The maximum atomic E-state index is 13.3. The van der Waals surface area contributed by atoms with Gasteiger partial charge in [-0.1, -0.05) is 6.07 Å². The number of hydrogen-bond acceptors (Lipinski definition) is 3. The monoisotopic (exact) mass is 220 g/mol. The van der Waals surface area contributed by atoms with Crippen LogP contribution in [-0.2, 0) is 7.05 Å². The van der Waals surface area contributed by atoms with E-state index in [1.807, 2.05) is 0 Å². The van der Waals surface area contributed by atoms with Crippen LogP contribution in [0, 0.1) is 12.7 Å². The first-order valence-corrected chi connectivity index (χ1v) is 4.88.